The highest BCUT2D eigenvalue weighted by Crippen LogP contribution is 2.52. The van der Waals surface area contributed by atoms with Gasteiger partial charge in [-0.1, -0.05) is 30.4 Å². The van der Waals surface area contributed by atoms with Crippen molar-refractivity contribution in [2.45, 2.75) is 12.3 Å². The second kappa shape index (κ2) is 4.03. The summed E-state index contributed by atoms with van der Waals surface area (Å²) in [5.41, 5.74) is 2.64. The first-order valence-electron chi connectivity index (χ1n) is 6.94. The Balaban J connectivity index is 1.62. The van der Waals surface area contributed by atoms with Crippen LogP contribution >= 0.6 is 11.6 Å². The average Bonchev–Trinajstić information content (AvgIpc) is 3.10. The Morgan fingerprint density at radius 2 is 1.72 bits per heavy atom. The lowest BCUT2D eigenvalue weighted by molar-refractivity contribution is 0.395. The molecule has 2 aliphatic carbocycles. The highest BCUT2D eigenvalue weighted by Gasteiger charge is 2.49. The molecule has 4 unspecified atom stereocenters. The van der Waals surface area contributed by atoms with Gasteiger partial charge in [0.1, 0.15) is 0 Å². The van der Waals surface area contributed by atoms with E-state index in [1.165, 1.54) is 30.8 Å². The van der Waals surface area contributed by atoms with Crippen molar-refractivity contribution in [1.29, 1.82) is 0 Å². The first kappa shape index (κ1) is 10.9. The minimum Gasteiger partial charge on any atom is -0.371 e. The van der Waals surface area contributed by atoms with E-state index in [0.717, 1.165) is 23.7 Å². The first-order chi connectivity index (χ1) is 8.86. The lowest BCUT2D eigenvalue weighted by Gasteiger charge is -2.23. The molecule has 2 bridgehead atoms. The summed E-state index contributed by atoms with van der Waals surface area (Å²) >= 11 is 6.06. The summed E-state index contributed by atoms with van der Waals surface area (Å²) in [5.74, 6) is 4.11. The lowest BCUT2D eigenvalue weighted by Crippen LogP contribution is -2.23. The van der Waals surface area contributed by atoms with E-state index in [1.54, 1.807) is 0 Å². The molecule has 0 amide bonds. The van der Waals surface area contributed by atoms with Crippen LogP contribution in [-0.2, 0) is 5.88 Å². The van der Waals surface area contributed by atoms with Crippen molar-refractivity contribution in [3.8, 4) is 0 Å². The molecule has 94 valence electrons. The van der Waals surface area contributed by atoms with Crippen molar-refractivity contribution in [2.24, 2.45) is 23.7 Å². The fourth-order valence-corrected chi connectivity index (χ4v) is 4.51. The molecule has 1 aromatic rings. The molecule has 18 heavy (non-hydrogen) atoms. The number of halogens is 1. The Morgan fingerprint density at radius 3 is 2.39 bits per heavy atom. The summed E-state index contributed by atoms with van der Waals surface area (Å²) in [6.07, 6.45) is 6.34. The number of hydrogen-bond acceptors (Lipinski definition) is 1. The van der Waals surface area contributed by atoms with E-state index in [4.69, 9.17) is 11.6 Å². The van der Waals surface area contributed by atoms with Gasteiger partial charge in [0.2, 0.25) is 0 Å². The standard InChI is InChI=1S/C16H18ClN/c17-8-13-3-1-2-4-16(13)18-9-14-11-5-6-12(7-11)15(14)10-18/h1-6,11-12,14-15H,7-10H2. The number of allylic oxidation sites excluding steroid dienone is 2. The Kier molecular flexibility index (Phi) is 2.44. The molecule has 4 rings (SSSR count). The second-order valence-electron chi connectivity index (χ2n) is 5.94. The Hall–Kier alpha value is -0.950. The maximum atomic E-state index is 6.06. The molecule has 0 N–H and O–H groups in total. The Bertz CT molecular complexity index is 476. The fraction of sp³-hybridized carbons (Fsp3) is 0.500. The molecular weight excluding hydrogens is 242 g/mol. The van der Waals surface area contributed by atoms with E-state index < -0.39 is 0 Å². The van der Waals surface area contributed by atoms with Crippen LogP contribution in [0.1, 0.15) is 12.0 Å². The molecule has 0 aromatic heterocycles. The van der Waals surface area contributed by atoms with Crippen molar-refractivity contribution in [3.05, 3.63) is 42.0 Å². The molecule has 1 saturated carbocycles. The number of benzene rings is 1. The zero-order valence-electron chi connectivity index (χ0n) is 10.4. The number of nitrogens with zero attached hydrogens (tertiary/aromatic N) is 1. The van der Waals surface area contributed by atoms with Crippen LogP contribution in [0.3, 0.4) is 0 Å². The fourth-order valence-electron chi connectivity index (χ4n) is 4.28. The van der Waals surface area contributed by atoms with Crippen LogP contribution in [0.25, 0.3) is 0 Å². The normalized spacial score (nSPS) is 36.4. The number of rotatable bonds is 2. The molecule has 0 spiro atoms. The monoisotopic (exact) mass is 259 g/mol. The molecule has 1 nitrogen and oxygen atoms in total. The summed E-state index contributed by atoms with van der Waals surface area (Å²) in [6, 6.07) is 8.60. The summed E-state index contributed by atoms with van der Waals surface area (Å²) in [5, 5.41) is 0. The lowest BCUT2D eigenvalue weighted by atomic mass is 9.86. The largest absolute Gasteiger partial charge is 0.371 e. The van der Waals surface area contributed by atoms with Gasteiger partial charge >= 0.3 is 0 Å². The van der Waals surface area contributed by atoms with Crippen LogP contribution in [0.5, 0.6) is 0 Å². The van der Waals surface area contributed by atoms with E-state index in [0.29, 0.717) is 5.88 Å². The molecule has 2 heteroatoms. The summed E-state index contributed by atoms with van der Waals surface area (Å²) in [7, 11) is 0. The predicted molar refractivity (Wildman–Crippen MR) is 75.9 cm³/mol. The van der Waals surface area contributed by atoms with Crippen LogP contribution in [-0.4, -0.2) is 13.1 Å². The minimum atomic E-state index is 0.618. The van der Waals surface area contributed by atoms with Gasteiger partial charge < -0.3 is 4.90 Å². The predicted octanol–water partition coefficient (Wildman–Crippen LogP) is 3.68. The van der Waals surface area contributed by atoms with Gasteiger partial charge in [-0.2, -0.15) is 0 Å². The first-order valence-corrected chi connectivity index (χ1v) is 7.47. The summed E-state index contributed by atoms with van der Waals surface area (Å²) in [4.78, 5) is 2.57. The molecule has 4 atom stereocenters. The van der Waals surface area contributed by atoms with Crippen LogP contribution < -0.4 is 4.90 Å². The molecule has 1 heterocycles. The molecule has 1 saturated heterocycles. The van der Waals surface area contributed by atoms with E-state index in [1.807, 2.05) is 0 Å². The maximum absolute atomic E-state index is 6.06. The number of para-hydroxylation sites is 1. The van der Waals surface area contributed by atoms with Gasteiger partial charge in [-0.05, 0) is 41.7 Å². The third-order valence-corrected chi connectivity index (χ3v) is 5.43. The van der Waals surface area contributed by atoms with Crippen LogP contribution in [0.15, 0.2) is 36.4 Å². The summed E-state index contributed by atoms with van der Waals surface area (Å²) in [6.45, 7) is 2.45. The molecule has 1 aliphatic heterocycles. The third-order valence-electron chi connectivity index (χ3n) is 5.14. The highest BCUT2D eigenvalue weighted by molar-refractivity contribution is 6.17. The minimum absolute atomic E-state index is 0.618. The van der Waals surface area contributed by atoms with Crippen LogP contribution in [0.4, 0.5) is 5.69 Å². The van der Waals surface area contributed by atoms with Crippen molar-refractivity contribution >= 4 is 17.3 Å². The number of anilines is 1. The molecular formula is C16H18ClN. The number of hydrogen-bond donors (Lipinski definition) is 0. The second-order valence-corrected chi connectivity index (χ2v) is 6.21. The van der Waals surface area contributed by atoms with E-state index in [9.17, 15) is 0 Å². The van der Waals surface area contributed by atoms with E-state index >= 15 is 0 Å². The van der Waals surface area contributed by atoms with Gasteiger partial charge in [0.15, 0.2) is 0 Å². The zero-order chi connectivity index (χ0) is 12.1. The van der Waals surface area contributed by atoms with Crippen LogP contribution in [0, 0.1) is 23.7 Å². The van der Waals surface area contributed by atoms with Gasteiger partial charge in [0.05, 0.1) is 0 Å². The SMILES string of the molecule is ClCc1ccccc1N1CC2C3C=CC(C3)C2C1. The highest BCUT2D eigenvalue weighted by atomic mass is 35.5. The molecule has 0 radical (unpaired) electrons. The van der Waals surface area contributed by atoms with Gasteiger partial charge in [-0.15, -0.1) is 11.6 Å². The van der Waals surface area contributed by atoms with Crippen molar-refractivity contribution in [1.82, 2.24) is 0 Å². The van der Waals surface area contributed by atoms with E-state index in [2.05, 4.69) is 41.3 Å². The Morgan fingerprint density at radius 1 is 1.06 bits per heavy atom. The van der Waals surface area contributed by atoms with Gasteiger partial charge in [0.25, 0.3) is 0 Å². The van der Waals surface area contributed by atoms with E-state index in [-0.39, 0.29) is 0 Å². The smallest absolute Gasteiger partial charge is 0.0494 e. The zero-order valence-corrected chi connectivity index (χ0v) is 11.2. The Labute approximate surface area is 113 Å². The van der Waals surface area contributed by atoms with Crippen LogP contribution in [0.2, 0.25) is 0 Å². The topological polar surface area (TPSA) is 3.24 Å². The van der Waals surface area contributed by atoms with Crippen molar-refractivity contribution in [3.63, 3.8) is 0 Å². The van der Waals surface area contributed by atoms with Crippen molar-refractivity contribution < 1.29 is 0 Å². The molecule has 3 aliphatic rings. The summed E-state index contributed by atoms with van der Waals surface area (Å²) < 4.78 is 0. The third kappa shape index (κ3) is 1.46. The van der Waals surface area contributed by atoms with Crippen molar-refractivity contribution in [2.75, 3.05) is 18.0 Å². The quantitative estimate of drug-likeness (QED) is 0.579. The number of alkyl halides is 1. The number of fused-ring (bicyclic) bond motifs is 5. The van der Waals surface area contributed by atoms with Gasteiger partial charge in [-0.25, -0.2) is 0 Å². The van der Waals surface area contributed by atoms with Gasteiger partial charge in [0, 0.05) is 24.7 Å². The molecule has 1 aromatic carbocycles. The maximum Gasteiger partial charge on any atom is 0.0494 e. The average molecular weight is 260 g/mol. The molecule has 2 fully saturated rings. The van der Waals surface area contributed by atoms with Gasteiger partial charge in [-0.3, -0.25) is 0 Å².